The zero-order valence-corrected chi connectivity index (χ0v) is 20.4. The van der Waals surface area contributed by atoms with Crippen LogP contribution in [0.3, 0.4) is 0 Å². The second-order valence-electron chi connectivity index (χ2n) is 9.72. The summed E-state index contributed by atoms with van der Waals surface area (Å²) in [4.78, 5) is 42.6. The van der Waals surface area contributed by atoms with E-state index >= 15 is 0 Å². The Labute approximate surface area is 205 Å². The minimum atomic E-state index is -0.718. The SMILES string of the molecule is CC1=C(C(=O)Nc2nc3ccccc3s2)[C@@H](c2cccc([N+](=O)[O-])c2)C2=C(CC(C)(C)CC2=O)N1. The fourth-order valence-electron chi connectivity index (χ4n) is 4.98. The van der Waals surface area contributed by atoms with Crippen LogP contribution in [0.25, 0.3) is 10.2 Å². The van der Waals surface area contributed by atoms with Crippen LogP contribution in [-0.2, 0) is 9.59 Å². The number of nitrogens with zero attached hydrogens (tertiary/aromatic N) is 2. The first kappa shape index (κ1) is 22.9. The number of dihydropyridines is 1. The first-order chi connectivity index (χ1) is 16.6. The molecule has 1 amide bonds. The summed E-state index contributed by atoms with van der Waals surface area (Å²) in [6.45, 7) is 5.87. The molecule has 3 aromatic rings. The number of aromatic nitrogens is 1. The molecule has 2 aliphatic rings. The smallest absolute Gasteiger partial charge is 0.269 e. The molecule has 0 saturated carbocycles. The maximum absolute atomic E-state index is 13.7. The van der Waals surface area contributed by atoms with Crippen LogP contribution in [0.15, 0.2) is 71.1 Å². The number of hydrogen-bond acceptors (Lipinski definition) is 7. The molecule has 2 N–H and O–H groups in total. The lowest BCUT2D eigenvalue weighted by Gasteiger charge is -2.39. The third-order valence-electron chi connectivity index (χ3n) is 6.41. The zero-order chi connectivity index (χ0) is 24.9. The predicted molar refractivity (Wildman–Crippen MR) is 135 cm³/mol. The average molecular weight is 489 g/mol. The van der Waals surface area contributed by atoms with Crippen molar-refractivity contribution in [3.8, 4) is 0 Å². The van der Waals surface area contributed by atoms with Gasteiger partial charge in [-0.05, 0) is 36.5 Å². The van der Waals surface area contributed by atoms with Gasteiger partial charge in [-0.15, -0.1) is 0 Å². The zero-order valence-electron chi connectivity index (χ0n) is 19.5. The van der Waals surface area contributed by atoms with Crippen molar-refractivity contribution in [3.63, 3.8) is 0 Å². The molecule has 2 heterocycles. The van der Waals surface area contributed by atoms with Crippen molar-refractivity contribution >= 4 is 44.1 Å². The minimum absolute atomic E-state index is 0.0574. The van der Waals surface area contributed by atoms with Crippen molar-refractivity contribution < 1.29 is 14.5 Å². The molecule has 5 rings (SSSR count). The summed E-state index contributed by atoms with van der Waals surface area (Å²) < 4.78 is 0.945. The van der Waals surface area contributed by atoms with E-state index in [1.807, 2.05) is 38.1 Å². The second-order valence-corrected chi connectivity index (χ2v) is 10.8. The number of ketones is 1. The maximum Gasteiger partial charge on any atom is 0.269 e. The van der Waals surface area contributed by atoms with Crippen LogP contribution in [0.2, 0.25) is 0 Å². The molecular weight excluding hydrogens is 464 g/mol. The number of non-ortho nitro benzene ring substituents is 1. The number of nitrogens with one attached hydrogen (secondary N) is 2. The molecule has 8 nitrogen and oxygen atoms in total. The number of para-hydroxylation sites is 1. The fourth-order valence-corrected chi connectivity index (χ4v) is 5.84. The lowest BCUT2D eigenvalue weighted by Crippen LogP contribution is -2.39. The number of anilines is 1. The van der Waals surface area contributed by atoms with Crippen LogP contribution in [0.1, 0.15) is 45.1 Å². The highest BCUT2D eigenvalue weighted by molar-refractivity contribution is 7.22. The van der Waals surface area contributed by atoms with E-state index in [2.05, 4.69) is 15.6 Å². The Kier molecular flexibility index (Phi) is 5.52. The quantitative estimate of drug-likeness (QED) is 0.373. The molecule has 0 saturated heterocycles. The van der Waals surface area contributed by atoms with Gasteiger partial charge in [0.05, 0.1) is 15.1 Å². The van der Waals surface area contributed by atoms with Crippen LogP contribution < -0.4 is 10.6 Å². The molecule has 2 aromatic carbocycles. The highest BCUT2D eigenvalue weighted by atomic mass is 32.1. The number of Topliss-reactive ketones (excluding diaryl/α,β-unsaturated/α-hetero) is 1. The molecule has 9 heteroatoms. The highest BCUT2D eigenvalue weighted by Gasteiger charge is 2.43. The van der Waals surface area contributed by atoms with Crippen LogP contribution >= 0.6 is 11.3 Å². The van der Waals surface area contributed by atoms with Gasteiger partial charge in [-0.1, -0.05) is 49.4 Å². The van der Waals surface area contributed by atoms with Gasteiger partial charge in [-0.2, -0.15) is 0 Å². The number of rotatable bonds is 4. The number of nitro groups is 1. The Morgan fingerprint density at radius 2 is 1.97 bits per heavy atom. The molecule has 1 atom stereocenters. The molecule has 0 radical (unpaired) electrons. The molecule has 0 spiro atoms. The Morgan fingerprint density at radius 1 is 1.20 bits per heavy atom. The van der Waals surface area contributed by atoms with Crippen LogP contribution in [0.4, 0.5) is 10.8 Å². The number of benzene rings is 2. The second kappa shape index (κ2) is 8.42. The number of carbonyl (C=O) groups is 2. The van der Waals surface area contributed by atoms with E-state index in [4.69, 9.17) is 0 Å². The maximum atomic E-state index is 13.7. The van der Waals surface area contributed by atoms with E-state index < -0.39 is 16.7 Å². The molecule has 178 valence electrons. The number of allylic oxidation sites excluding steroid dienone is 3. The van der Waals surface area contributed by atoms with Crippen LogP contribution in [0, 0.1) is 15.5 Å². The molecule has 0 unspecified atom stereocenters. The number of nitro benzene ring substituents is 1. The Morgan fingerprint density at radius 3 is 2.71 bits per heavy atom. The summed E-state index contributed by atoms with van der Waals surface area (Å²) in [5, 5.41) is 18.1. The summed E-state index contributed by atoms with van der Waals surface area (Å²) in [5.74, 6) is -1.17. The predicted octanol–water partition coefficient (Wildman–Crippen LogP) is 5.45. The lowest BCUT2D eigenvalue weighted by atomic mass is 9.68. The van der Waals surface area contributed by atoms with E-state index in [1.54, 1.807) is 19.1 Å². The fraction of sp³-hybridized carbons (Fsp3) is 0.269. The Balaban J connectivity index is 1.60. The third kappa shape index (κ3) is 4.23. The van der Waals surface area contributed by atoms with Gasteiger partial charge in [0.25, 0.3) is 11.6 Å². The van der Waals surface area contributed by atoms with E-state index in [0.29, 0.717) is 40.4 Å². The van der Waals surface area contributed by atoms with Gasteiger partial charge in [-0.25, -0.2) is 4.98 Å². The van der Waals surface area contributed by atoms with Gasteiger partial charge in [0, 0.05) is 47.0 Å². The van der Waals surface area contributed by atoms with Gasteiger partial charge in [0.1, 0.15) is 0 Å². The normalized spacial score (nSPS) is 19.4. The van der Waals surface area contributed by atoms with Crippen molar-refractivity contribution in [2.75, 3.05) is 5.32 Å². The van der Waals surface area contributed by atoms with Crippen molar-refractivity contribution in [3.05, 3.63) is 86.7 Å². The highest BCUT2D eigenvalue weighted by Crippen LogP contribution is 2.47. The number of thiazole rings is 1. The van der Waals surface area contributed by atoms with Crippen LogP contribution in [0.5, 0.6) is 0 Å². The summed E-state index contributed by atoms with van der Waals surface area (Å²) >= 11 is 1.36. The molecule has 1 aromatic heterocycles. The first-order valence-corrected chi connectivity index (χ1v) is 12.1. The molecule has 1 aliphatic heterocycles. The Bertz CT molecular complexity index is 1430. The average Bonchev–Trinajstić information content (AvgIpc) is 3.19. The van der Waals surface area contributed by atoms with Gasteiger partial charge in [-0.3, -0.25) is 25.0 Å². The monoisotopic (exact) mass is 488 g/mol. The van der Waals surface area contributed by atoms with Gasteiger partial charge < -0.3 is 5.32 Å². The molecule has 35 heavy (non-hydrogen) atoms. The van der Waals surface area contributed by atoms with Crippen molar-refractivity contribution in [1.82, 2.24) is 10.3 Å². The summed E-state index contributed by atoms with van der Waals surface area (Å²) in [7, 11) is 0. The summed E-state index contributed by atoms with van der Waals surface area (Å²) in [6, 6.07) is 13.8. The largest absolute Gasteiger partial charge is 0.362 e. The number of amides is 1. The molecule has 0 bridgehead atoms. The van der Waals surface area contributed by atoms with E-state index in [0.717, 1.165) is 15.9 Å². The molecule has 1 aliphatic carbocycles. The van der Waals surface area contributed by atoms with Crippen molar-refractivity contribution in [2.45, 2.75) is 39.5 Å². The minimum Gasteiger partial charge on any atom is -0.362 e. The summed E-state index contributed by atoms with van der Waals surface area (Å²) in [6.07, 6.45) is 0.981. The number of hydrogen-bond donors (Lipinski definition) is 2. The molecule has 0 fully saturated rings. The van der Waals surface area contributed by atoms with Crippen molar-refractivity contribution in [1.29, 1.82) is 0 Å². The van der Waals surface area contributed by atoms with Gasteiger partial charge in [0.15, 0.2) is 10.9 Å². The van der Waals surface area contributed by atoms with E-state index in [9.17, 15) is 19.7 Å². The Hall–Kier alpha value is -3.85. The van der Waals surface area contributed by atoms with Crippen molar-refractivity contribution in [2.24, 2.45) is 5.41 Å². The first-order valence-electron chi connectivity index (χ1n) is 11.3. The van der Waals surface area contributed by atoms with Gasteiger partial charge >= 0.3 is 0 Å². The standard InChI is InChI=1S/C26H24N4O4S/c1-14-21(24(32)29-25-28-17-9-4-5-10-20(17)35-25)22(15-7-6-8-16(11-15)30(33)34)23-18(27-14)12-26(2,3)13-19(23)31/h4-11,22,27H,12-13H2,1-3H3,(H,28,29,32)/t22-/m1/s1. The number of carbonyl (C=O) groups excluding carboxylic acids is 2. The topological polar surface area (TPSA) is 114 Å². The van der Waals surface area contributed by atoms with Crippen LogP contribution in [-0.4, -0.2) is 21.6 Å². The third-order valence-corrected chi connectivity index (χ3v) is 7.36. The summed E-state index contributed by atoms with van der Waals surface area (Å²) in [5.41, 5.74) is 3.26. The van der Waals surface area contributed by atoms with E-state index in [1.165, 1.54) is 23.5 Å². The van der Waals surface area contributed by atoms with Gasteiger partial charge in [0.2, 0.25) is 0 Å². The van der Waals surface area contributed by atoms with E-state index in [-0.39, 0.29) is 16.9 Å². The lowest BCUT2D eigenvalue weighted by molar-refractivity contribution is -0.384. The number of fused-ring (bicyclic) bond motifs is 1. The molecular formula is C26H24N4O4S.